The van der Waals surface area contributed by atoms with Gasteiger partial charge in [-0.1, -0.05) is 26.5 Å². The quantitative estimate of drug-likeness (QED) is 0.833. The molecule has 0 bridgehead atoms. The normalized spacial score (nSPS) is 10.5. The zero-order valence-corrected chi connectivity index (χ0v) is 11.4. The number of benzene rings is 1. The van der Waals surface area contributed by atoms with Crippen LogP contribution in [0.3, 0.4) is 0 Å². The van der Waals surface area contributed by atoms with Crippen LogP contribution in [-0.4, -0.2) is 9.78 Å². The fourth-order valence-electron chi connectivity index (χ4n) is 1.89. The molecule has 0 saturated carbocycles. The van der Waals surface area contributed by atoms with Gasteiger partial charge in [0.05, 0.1) is 23.0 Å². The highest BCUT2D eigenvalue weighted by molar-refractivity contribution is 5.63. The number of nitrogens with zero attached hydrogens (tertiary/aromatic N) is 3. The summed E-state index contributed by atoms with van der Waals surface area (Å²) in [6.07, 6.45) is 3.23. The average Bonchev–Trinajstić information content (AvgIpc) is 2.84. The van der Waals surface area contributed by atoms with Crippen molar-refractivity contribution in [2.24, 2.45) is 0 Å². The van der Waals surface area contributed by atoms with Gasteiger partial charge in [-0.15, -0.1) is 0 Å². The van der Waals surface area contributed by atoms with Gasteiger partial charge in [-0.3, -0.25) is 0 Å². The van der Waals surface area contributed by atoms with Crippen molar-refractivity contribution in [3.8, 4) is 11.8 Å². The molecular weight excluding hydrogens is 234 g/mol. The van der Waals surface area contributed by atoms with Gasteiger partial charge in [0.1, 0.15) is 6.20 Å². The molecule has 0 fully saturated rings. The number of nitriles is 1. The van der Waals surface area contributed by atoms with Gasteiger partial charge >= 0.3 is 0 Å². The average molecular weight is 250 g/mol. The molecule has 0 N–H and O–H groups in total. The second kappa shape index (κ2) is 5.11. The molecule has 0 amide bonds. The molecule has 1 aromatic heterocycles. The van der Waals surface area contributed by atoms with Crippen molar-refractivity contribution in [2.75, 3.05) is 0 Å². The van der Waals surface area contributed by atoms with E-state index in [4.69, 9.17) is 5.26 Å². The van der Waals surface area contributed by atoms with Crippen molar-refractivity contribution < 1.29 is 0 Å². The van der Waals surface area contributed by atoms with Crippen LogP contribution < -0.4 is 0 Å². The predicted molar refractivity (Wildman–Crippen MR) is 75.9 cm³/mol. The first-order valence-electron chi connectivity index (χ1n) is 6.21. The van der Waals surface area contributed by atoms with Crippen LogP contribution in [0, 0.1) is 17.5 Å². The lowest BCUT2D eigenvalue weighted by atomic mass is 10.0. The van der Waals surface area contributed by atoms with Gasteiger partial charge in [-0.2, -0.15) is 10.4 Å². The first-order valence-corrected chi connectivity index (χ1v) is 6.21. The Kier molecular flexibility index (Phi) is 3.52. The minimum Gasteiger partial charge on any atom is -0.231 e. The third-order valence-electron chi connectivity index (χ3n) is 2.88. The SMILES string of the molecule is C=C(C)c1[c]n(-c2cccc(C#N)c2)nc1C(C)C. The number of allylic oxidation sites excluding steroid dienone is 1. The minimum atomic E-state index is 0.309. The Morgan fingerprint density at radius 1 is 1.47 bits per heavy atom. The van der Waals surface area contributed by atoms with Crippen molar-refractivity contribution in [1.82, 2.24) is 9.78 Å². The van der Waals surface area contributed by atoms with Crippen LogP contribution in [0.15, 0.2) is 30.8 Å². The molecule has 0 aliphatic carbocycles. The highest BCUT2D eigenvalue weighted by Crippen LogP contribution is 2.24. The Morgan fingerprint density at radius 3 is 2.74 bits per heavy atom. The van der Waals surface area contributed by atoms with Gasteiger partial charge in [-0.05, 0) is 36.6 Å². The van der Waals surface area contributed by atoms with E-state index in [0.29, 0.717) is 11.5 Å². The molecule has 2 aromatic rings. The number of rotatable bonds is 3. The maximum atomic E-state index is 8.94. The summed E-state index contributed by atoms with van der Waals surface area (Å²) in [5.41, 5.74) is 4.34. The van der Waals surface area contributed by atoms with Crippen molar-refractivity contribution in [3.63, 3.8) is 0 Å². The van der Waals surface area contributed by atoms with Gasteiger partial charge in [-0.25, -0.2) is 4.68 Å². The van der Waals surface area contributed by atoms with Crippen LogP contribution in [0.25, 0.3) is 11.3 Å². The van der Waals surface area contributed by atoms with E-state index in [-0.39, 0.29) is 0 Å². The van der Waals surface area contributed by atoms with Gasteiger partial charge < -0.3 is 0 Å². The van der Waals surface area contributed by atoms with Crippen LogP contribution in [0.4, 0.5) is 0 Å². The van der Waals surface area contributed by atoms with E-state index in [1.54, 1.807) is 16.8 Å². The highest BCUT2D eigenvalue weighted by Gasteiger charge is 2.14. The molecule has 1 radical (unpaired) electrons. The van der Waals surface area contributed by atoms with E-state index in [9.17, 15) is 0 Å². The lowest BCUT2D eigenvalue weighted by Gasteiger charge is -2.03. The molecule has 2 rings (SSSR count). The van der Waals surface area contributed by atoms with E-state index in [0.717, 1.165) is 22.5 Å². The zero-order valence-electron chi connectivity index (χ0n) is 11.4. The molecule has 0 spiro atoms. The summed E-state index contributed by atoms with van der Waals surface area (Å²) in [4.78, 5) is 0. The van der Waals surface area contributed by atoms with Gasteiger partial charge in [0.2, 0.25) is 0 Å². The molecule has 3 nitrogen and oxygen atoms in total. The maximum Gasteiger partial charge on any atom is 0.101 e. The lowest BCUT2D eigenvalue weighted by molar-refractivity contribution is 0.766. The molecule has 95 valence electrons. The maximum absolute atomic E-state index is 8.94. The smallest absolute Gasteiger partial charge is 0.101 e. The summed E-state index contributed by atoms with van der Waals surface area (Å²) >= 11 is 0. The summed E-state index contributed by atoms with van der Waals surface area (Å²) in [5.74, 6) is 0.309. The van der Waals surface area contributed by atoms with Crippen molar-refractivity contribution in [2.45, 2.75) is 26.7 Å². The van der Waals surface area contributed by atoms with Crippen LogP contribution in [0.1, 0.15) is 43.5 Å². The van der Waals surface area contributed by atoms with E-state index in [1.807, 2.05) is 19.1 Å². The van der Waals surface area contributed by atoms with Crippen molar-refractivity contribution in [3.05, 3.63) is 53.9 Å². The molecule has 0 atom stereocenters. The summed E-state index contributed by atoms with van der Waals surface area (Å²) < 4.78 is 1.69. The standard InChI is InChI=1S/C16H16N3/c1-11(2)15-10-19(18-16(15)12(3)4)14-7-5-6-13(8-14)9-17/h5-8,12H,1H2,2-4H3. The first kappa shape index (κ1) is 13.1. The molecule has 1 heterocycles. The Bertz CT molecular complexity index is 657. The van der Waals surface area contributed by atoms with Crippen molar-refractivity contribution in [1.29, 1.82) is 5.26 Å². The van der Waals surface area contributed by atoms with E-state index < -0.39 is 0 Å². The van der Waals surface area contributed by atoms with Crippen LogP contribution in [-0.2, 0) is 0 Å². The highest BCUT2D eigenvalue weighted by atomic mass is 15.3. The van der Waals surface area contributed by atoms with E-state index in [2.05, 4.69) is 37.8 Å². The third-order valence-corrected chi connectivity index (χ3v) is 2.88. The molecule has 19 heavy (non-hydrogen) atoms. The molecular formula is C16H16N3. The minimum absolute atomic E-state index is 0.309. The summed E-state index contributed by atoms with van der Waals surface area (Å²) in [6.45, 7) is 10.1. The monoisotopic (exact) mass is 250 g/mol. The molecule has 3 heteroatoms. The Labute approximate surface area is 113 Å². The summed E-state index contributed by atoms with van der Waals surface area (Å²) in [7, 11) is 0. The number of aromatic nitrogens is 2. The van der Waals surface area contributed by atoms with Crippen LogP contribution in [0.5, 0.6) is 0 Å². The first-order chi connectivity index (χ1) is 9.02. The number of hydrogen-bond donors (Lipinski definition) is 0. The fraction of sp³-hybridized carbons (Fsp3) is 0.250. The molecule has 0 unspecified atom stereocenters. The molecule has 0 saturated heterocycles. The summed E-state index contributed by atoms with van der Waals surface area (Å²) in [5, 5.41) is 13.5. The molecule has 1 aromatic carbocycles. The lowest BCUT2D eigenvalue weighted by Crippen LogP contribution is -1.97. The van der Waals surface area contributed by atoms with Crippen LogP contribution >= 0.6 is 0 Å². The molecule has 0 aliphatic rings. The van der Waals surface area contributed by atoms with Crippen LogP contribution in [0.2, 0.25) is 0 Å². The zero-order chi connectivity index (χ0) is 14.0. The predicted octanol–water partition coefficient (Wildman–Crippen LogP) is 3.70. The second-order valence-corrected chi connectivity index (χ2v) is 4.88. The van der Waals surface area contributed by atoms with E-state index in [1.165, 1.54) is 0 Å². The fourth-order valence-corrected chi connectivity index (χ4v) is 1.89. The topological polar surface area (TPSA) is 41.6 Å². The third kappa shape index (κ3) is 2.58. The Hall–Kier alpha value is -2.34. The van der Waals surface area contributed by atoms with Gasteiger partial charge in [0, 0.05) is 5.56 Å². The Balaban J connectivity index is 2.54. The van der Waals surface area contributed by atoms with Gasteiger partial charge in [0.15, 0.2) is 0 Å². The van der Waals surface area contributed by atoms with Crippen molar-refractivity contribution >= 4 is 5.57 Å². The van der Waals surface area contributed by atoms with Gasteiger partial charge in [0.25, 0.3) is 0 Å². The number of hydrogen-bond acceptors (Lipinski definition) is 2. The largest absolute Gasteiger partial charge is 0.231 e. The Morgan fingerprint density at radius 2 is 2.21 bits per heavy atom. The van der Waals surface area contributed by atoms with E-state index >= 15 is 0 Å². The summed E-state index contributed by atoms with van der Waals surface area (Å²) in [6, 6.07) is 9.47. The second-order valence-electron chi connectivity index (χ2n) is 4.88. The molecule has 0 aliphatic heterocycles.